The van der Waals surface area contributed by atoms with Crippen molar-refractivity contribution < 1.29 is 18.3 Å². The number of rotatable bonds is 8. The molecule has 2 saturated heterocycles. The maximum atomic E-state index is 14.2. The van der Waals surface area contributed by atoms with Crippen LogP contribution >= 0.6 is 0 Å². The number of hydrogen-bond acceptors (Lipinski definition) is 8. The molecule has 48 heavy (non-hydrogen) atoms. The summed E-state index contributed by atoms with van der Waals surface area (Å²) in [6, 6.07) is 16.9. The number of nitrogens with zero attached hydrogens (tertiary/aromatic N) is 4. The predicted molar refractivity (Wildman–Crippen MR) is 184 cm³/mol. The second-order valence-electron chi connectivity index (χ2n) is 12.6. The molecule has 5 aromatic rings. The van der Waals surface area contributed by atoms with Crippen LogP contribution in [0.4, 0.5) is 31.8 Å². The molecule has 2 aromatic heterocycles. The van der Waals surface area contributed by atoms with Gasteiger partial charge in [0, 0.05) is 80.0 Å². The van der Waals surface area contributed by atoms with Crippen molar-refractivity contribution in [1.82, 2.24) is 20.1 Å². The lowest BCUT2D eigenvalue weighted by Crippen LogP contribution is -2.44. The molecule has 5 N–H and O–H groups in total. The lowest BCUT2D eigenvalue weighted by atomic mass is 9.94. The summed E-state index contributed by atoms with van der Waals surface area (Å²) >= 11 is 0. The number of benzene rings is 3. The van der Waals surface area contributed by atoms with Crippen molar-refractivity contribution >= 4 is 39.8 Å². The van der Waals surface area contributed by atoms with Crippen LogP contribution in [0.5, 0.6) is 0 Å². The zero-order chi connectivity index (χ0) is 33.2. The molecule has 7 rings (SSSR count). The molecule has 2 aliphatic rings. The fourth-order valence-electron chi connectivity index (χ4n) is 6.46. The zero-order valence-corrected chi connectivity index (χ0v) is 26.7. The van der Waals surface area contributed by atoms with Crippen molar-refractivity contribution in [1.29, 1.82) is 0 Å². The minimum Gasteiger partial charge on any atom is -0.384 e. The molecule has 0 atom stereocenters. The van der Waals surface area contributed by atoms with Gasteiger partial charge in [0.05, 0.1) is 11.1 Å². The highest BCUT2D eigenvalue weighted by molar-refractivity contribution is 6.11. The third kappa shape index (κ3) is 6.95. The van der Waals surface area contributed by atoms with E-state index in [4.69, 9.17) is 10.5 Å². The van der Waals surface area contributed by atoms with Gasteiger partial charge in [0.1, 0.15) is 17.5 Å². The summed E-state index contributed by atoms with van der Waals surface area (Å²) in [6.07, 6.45) is 3.60. The van der Waals surface area contributed by atoms with E-state index in [9.17, 15) is 13.6 Å². The van der Waals surface area contributed by atoms with Gasteiger partial charge in [-0.3, -0.25) is 9.89 Å². The molecule has 0 bridgehead atoms. The molecule has 0 unspecified atom stereocenters. The second kappa shape index (κ2) is 13.6. The molecule has 4 heterocycles. The summed E-state index contributed by atoms with van der Waals surface area (Å²) in [4.78, 5) is 22.9. The number of nitrogens with two attached hydrogens (primary N) is 1. The number of pyridine rings is 1. The number of nitrogen functional groups attached to an aromatic ring is 1. The lowest BCUT2D eigenvalue weighted by molar-refractivity contribution is 0.0904. The normalized spacial score (nSPS) is 15.9. The monoisotopic (exact) mass is 652 g/mol. The van der Waals surface area contributed by atoms with Gasteiger partial charge in [-0.25, -0.2) is 13.8 Å². The number of carbonyl (C=O) groups is 1. The smallest absolute Gasteiger partial charge is 0.258 e. The van der Waals surface area contributed by atoms with Crippen molar-refractivity contribution in [2.45, 2.75) is 25.3 Å². The molecule has 3 aromatic carbocycles. The third-order valence-corrected chi connectivity index (χ3v) is 9.13. The lowest BCUT2D eigenvalue weighted by Gasteiger charge is -2.34. The van der Waals surface area contributed by atoms with Crippen molar-refractivity contribution in [3.63, 3.8) is 0 Å². The summed E-state index contributed by atoms with van der Waals surface area (Å²) < 4.78 is 33.9. The van der Waals surface area contributed by atoms with Gasteiger partial charge in [0.15, 0.2) is 5.82 Å². The number of fused-ring (bicyclic) bond motifs is 1. The first kappa shape index (κ1) is 31.5. The van der Waals surface area contributed by atoms with E-state index in [2.05, 4.69) is 48.7 Å². The number of carbonyl (C=O) groups excluding carboxylic acids is 1. The Balaban J connectivity index is 1.22. The maximum Gasteiger partial charge on any atom is 0.258 e. The Morgan fingerprint density at radius 2 is 1.77 bits per heavy atom. The molecule has 0 radical (unpaired) electrons. The number of aromatic nitrogens is 3. The van der Waals surface area contributed by atoms with Crippen molar-refractivity contribution in [3.05, 3.63) is 95.2 Å². The Labute approximate surface area is 277 Å². The number of nitrogens with one attached hydrogen (secondary N) is 3. The minimum atomic E-state index is -0.651. The topological polar surface area (TPSA) is 124 Å². The number of amides is 1. The molecule has 248 valence electrons. The number of anilines is 4. The van der Waals surface area contributed by atoms with E-state index in [-0.39, 0.29) is 18.4 Å². The van der Waals surface area contributed by atoms with Crippen molar-refractivity contribution in [2.75, 3.05) is 67.7 Å². The second-order valence-corrected chi connectivity index (χ2v) is 12.6. The van der Waals surface area contributed by atoms with Gasteiger partial charge in [0.2, 0.25) is 0 Å². The van der Waals surface area contributed by atoms with Crippen molar-refractivity contribution in [3.8, 4) is 11.1 Å². The quantitative estimate of drug-likeness (QED) is 0.169. The first-order valence-electron chi connectivity index (χ1n) is 16.2. The minimum absolute atomic E-state index is 0.190. The highest BCUT2D eigenvalue weighted by atomic mass is 19.1. The van der Waals surface area contributed by atoms with Crippen LogP contribution in [0.2, 0.25) is 0 Å². The van der Waals surface area contributed by atoms with Gasteiger partial charge in [-0.15, -0.1) is 0 Å². The Bertz CT molecular complexity index is 1910. The van der Waals surface area contributed by atoms with E-state index in [1.165, 1.54) is 12.1 Å². The van der Waals surface area contributed by atoms with Gasteiger partial charge in [-0.05, 0) is 97.6 Å². The summed E-state index contributed by atoms with van der Waals surface area (Å²) in [5.41, 5.74) is 11.7. The number of aromatic amines is 1. The zero-order valence-electron chi connectivity index (χ0n) is 26.7. The van der Waals surface area contributed by atoms with Crippen LogP contribution < -0.4 is 21.3 Å². The van der Waals surface area contributed by atoms with Crippen LogP contribution in [0.3, 0.4) is 0 Å². The third-order valence-electron chi connectivity index (χ3n) is 9.13. The van der Waals surface area contributed by atoms with E-state index < -0.39 is 11.6 Å². The van der Waals surface area contributed by atoms with Crippen LogP contribution in [0.1, 0.15) is 34.3 Å². The van der Waals surface area contributed by atoms with E-state index in [1.54, 1.807) is 12.3 Å². The number of piperazine rings is 1. The van der Waals surface area contributed by atoms with E-state index in [0.29, 0.717) is 46.9 Å². The first-order chi connectivity index (χ1) is 23.3. The number of H-pyrrole nitrogens is 1. The number of likely N-dealkylation sites (N-methyl/N-ethyl adjacent to an activating group) is 1. The molecule has 1 amide bonds. The Kier molecular flexibility index (Phi) is 8.92. The highest BCUT2D eigenvalue weighted by Crippen LogP contribution is 2.34. The molecule has 0 spiro atoms. The molecule has 10 nitrogen and oxygen atoms in total. The fraction of sp³-hybridized carbons (Fsp3) is 0.306. The number of ether oxygens (including phenoxy) is 1. The van der Waals surface area contributed by atoms with Gasteiger partial charge in [-0.2, -0.15) is 5.10 Å². The molecule has 2 fully saturated rings. The van der Waals surface area contributed by atoms with Crippen LogP contribution in [-0.4, -0.2) is 78.5 Å². The highest BCUT2D eigenvalue weighted by Gasteiger charge is 2.23. The Morgan fingerprint density at radius 1 is 1.00 bits per heavy atom. The summed E-state index contributed by atoms with van der Waals surface area (Å²) in [5, 5.41) is 14.8. The van der Waals surface area contributed by atoms with Gasteiger partial charge >= 0.3 is 0 Å². The van der Waals surface area contributed by atoms with Gasteiger partial charge in [-0.1, -0.05) is 0 Å². The largest absolute Gasteiger partial charge is 0.384 e. The summed E-state index contributed by atoms with van der Waals surface area (Å²) in [5.74, 6) is -0.877. The Morgan fingerprint density at radius 3 is 2.50 bits per heavy atom. The van der Waals surface area contributed by atoms with E-state index in [1.807, 2.05) is 30.3 Å². The molecular weight excluding hydrogens is 614 g/mol. The molecule has 2 aliphatic heterocycles. The first-order valence-corrected chi connectivity index (χ1v) is 16.2. The molecule has 12 heteroatoms. The molecule has 0 aliphatic carbocycles. The summed E-state index contributed by atoms with van der Waals surface area (Å²) in [6.45, 7) is 5.13. The molecule has 0 saturated carbocycles. The maximum absolute atomic E-state index is 14.2. The number of hydrogen-bond donors (Lipinski definition) is 4. The average Bonchev–Trinajstić information content (AvgIpc) is 3.46. The SMILES string of the molecule is CN1CCN(c2ccc(C(=O)Nc3n[nH]c4cc(-c5ccc(N)nc5)c(Cc5cc(F)cc(F)c5)cc34)c(NC3CCOCC3)c2)CC1. The summed E-state index contributed by atoms with van der Waals surface area (Å²) in [7, 11) is 2.13. The van der Waals surface area contributed by atoms with E-state index >= 15 is 0 Å². The standard InChI is InChI=1S/C36H38F2N8O2/c1-45-8-10-46(11-9-45)28-3-4-29(32(19-28)41-27-6-12-48-13-7-27)36(47)42-35-31-17-24(14-22-15-25(37)18-26(38)16-22)30(20-33(31)43-44-35)23-2-5-34(39)40-21-23/h2-5,15-21,27,41H,6-14H2,1H3,(H2,39,40)(H2,42,43,44,47). The van der Waals surface area contributed by atoms with Gasteiger partial charge in [0.25, 0.3) is 5.91 Å². The molecular formula is C36H38F2N8O2. The predicted octanol–water partition coefficient (Wildman–Crippen LogP) is 5.67. The fourth-order valence-corrected chi connectivity index (χ4v) is 6.46. The van der Waals surface area contributed by atoms with Crippen molar-refractivity contribution in [2.24, 2.45) is 0 Å². The number of halogens is 2. The Hall–Kier alpha value is -5.07. The van der Waals surface area contributed by atoms with E-state index in [0.717, 1.165) is 73.2 Å². The van der Waals surface area contributed by atoms with Crippen LogP contribution in [0, 0.1) is 11.6 Å². The van der Waals surface area contributed by atoms with Crippen LogP contribution in [0.25, 0.3) is 22.0 Å². The van der Waals surface area contributed by atoms with Crippen LogP contribution in [-0.2, 0) is 11.2 Å². The average molecular weight is 653 g/mol. The van der Waals surface area contributed by atoms with Gasteiger partial charge < -0.3 is 30.9 Å². The van der Waals surface area contributed by atoms with Crippen LogP contribution in [0.15, 0.2) is 66.9 Å².